The molecule has 1 aliphatic carbocycles. The van der Waals surface area contributed by atoms with Crippen molar-refractivity contribution in [3.05, 3.63) is 29.3 Å². The molecule has 0 aliphatic heterocycles. The largest absolute Gasteiger partial charge is 0.465 e. The number of carbonyl (C=O) groups excluding carboxylic acids is 2. The summed E-state index contributed by atoms with van der Waals surface area (Å²) >= 11 is 0. The van der Waals surface area contributed by atoms with E-state index in [0.717, 1.165) is 17.7 Å². The maximum atomic E-state index is 11.8. The fourth-order valence-corrected chi connectivity index (χ4v) is 1.96. The van der Waals surface area contributed by atoms with Gasteiger partial charge in [-0.2, -0.15) is 0 Å². The molecule has 0 radical (unpaired) electrons. The van der Waals surface area contributed by atoms with Crippen molar-refractivity contribution in [2.75, 3.05) is 12.4 Å². The summed E-state index contributed by atoms with van der Waals surface area (Å²) in [6.45, 7) is 3.93. The number of benzene rings is 1. The quantitative estimate of drug-likeness (QED) is 0.834. The number of hydrogen-bond acceptors (Lipinski definition) is 3. The predicted molar refractivity (Wildman–Crippen MR) is 68.4 cm³/mol. The van der Waals surface area contributed by atoms with Crippen LogP contribution < -0.4 is 5.32 Å². The Morgan fingerprint density at radius 1 is 1.39 bits per heavy atom. The van der Waals surface area contributed by atoms with Gasteiger partial charge in [0, 0.05) is 11.6 Å². The molecule has 0 heterocycles. The van der Waals surface area contributed by atoms with E-state index in [2.05, 4.69) is 17.0 Å². The molecule has 2 rings (SSSR count). The van der Waals surface area contributed by atoms with Crippen molar-refractivity contribution in [3.63, 3.8) is 0 Å². The van der Waals surface area contributed by atoms with E-state index >= 15 is 0 Å². The van der Waals surface area contributed by atoms with Gasteiger partial charge >= 0.3 is 5.97 Å². The highest BCUT2D eigenvalue weighted by molar-refractivity contribution is 5.96. The first-order valence-electron chi connectivity index (χ1n) is 6.02. The van der Waals surface area contributed by atoms with Crippen LogP contribution in [0.4, 0.5) is 5.69 Å². The van der Waals surface area contributed by atoms with Gasteiger partial charge in [-0.1, -0.05) is 6.92 Å². The van der Waals surface area contributed by atoms with Crippen molar-refractivity contribution in [2.24, 2.45) is 11.8 Å². The molecule has 1 aromatic rings. The molecule has 1 saturated carbocycles. The van der Waals surface area contributed by atoms with E-state index in [0.29, 0.717) is 11.5 Å². The summed E-state index contributed by atoms with van der Waals surface area (Å²) in [4.78, 5) is 23.2. The van der Waals surface area contributed by atoms with Gasteiger partial charge in [-0.05, 0) is 43.0 Å². The number of aryl methyl sites for hydroxylation is 1. The van der Waals surface area contributed by atoms with Crippen LogP contribution in [-0.4, -0.2) is 19.0 Å². The van der Waals surface area contributed by atoms with Gasteiger partial charge in [-0.3, -0.25) is 4.79 Å². The Hall–Kier alpha value is -1.84. The fraction of sp³-hybridized carbons (Fsp3) is 0.429. The summed E-state index contributed by atoms with van der Waals surface area (Å²) in [6.07, 6.45) is 0.963. The Bertz CT molecular complexity index is 496. The minimum absolute atomic E-state index is 0.0661. The van der Waals surface area contributed by atoms with Gasteiger partial charge in [0.1, 0.15) is 0 Å². The minimum Gasteiger partial charge on any atom is -0.465 e. The number of amides is 1. The summed E-state index contributed by atoms with van der Waals surface area (Å²) in [5, 5.41) is 2.90. The van der Waals surface area contributed by atoms with Crippen molar-refractivity contribution in [1.29, 1.82) is 0 Å². The second-order valence-electron chi connectivity index (χ2n) is 4.83. The number of anilines is 1. The highest BCUT2D eigenvalue weighted by atomic mass is 16.5. The van der Waals surface area contributed by atoms with Crippen LogP contribution in [0.5, 0.6) is 0 Å². The molecule has 4 heteroatoms. The average Bonchev–Trinajstić information content (AvgIpc) is 3.08. The fourth-order valence-electron chi connectivity index (χ4n) is 1.96. The van der Waals surface area contributed by atoms with Gasteiger partial charge < -0.3 is 10.1 Å². The molecule has 0 spiro atoms. The van der Waals surface area contributed by atoms with E-state index in [-0.39, 0.29) is 17.8 Å². The molecule has 2 unspecified atom stereocenters. The third-order valence-electron chi connectivity index (χ3n) is 3.35. The SMILES string of the molecule is COC(=O)c1ccc(NC(=O)C2CC2C)c(C)c1. The van der Waals surface area contributed by atoms with Gasteiger partial charge in [0.05, 0.1) is 12.7 Å². The third kappa shape index (κ3) is 2.53. The summed E-state index contributed by atoms with van der Waals surface area (Å²) in [7, 11) is 1.35. The molecule has 1 aromatic carbocycles. The van der Waals surface area contributed by atoms with E-state index in [1.807, 2.05) is 6.92 Å². The van der Waals surface area contributed by atoms with Crippen molar-refractivity contribution >= 4 is 17.6 Å². The van der Waals surface area contributed by atoms with Crippen molar-refractivity contribution in [2.45, 2.75) is 20.3 Å². The number of hydrogen-bond donors (Lipinski definition) is 1. The Morgan fingerprint density at radius 2 is 2.06 bits per heavy atom. The van der Waals surface area contributed by atoms with Gasteiger partial charge in [-0.25, -0.2) is 4.79 Å². The van der Waals surface area contributed by atoms with E-state index in [4.69, 9.17) is 0 Å². The van der Waals surface area contributed by atoms with Crippen LogP contribution in [0.1, 0.15) is 29.3 Å². The predicted octanol–water partition coefficient (Wildman–Crippen LogP) is 2.38. The lowest BCUT2D eigenvalue weighted by Gasteiger charge is -2.09. The van der Waals surface area contributed by atoms with Crippen LogP contribution in [0.2, 0.25) is 0 Å². The van der Waals surface area contributed by atoms with Gasteiger partial charge in [-0.15, -0.1) is 0 Å². The van der Waals surface area contributed by atoms with Gasteiger partial charge in [0.15, 0.2) is 0 Å². The first kappa shape index (κ1) is 12.6. The second-order valence-corrected chi connectivity index (χ2v) is 4.83. The first-order chi connectivity index (χ1) is 8.52. The van der Waals surface area contributed by atoms with Gasteiger partial charge in [0.2, 0.25) is 5.91 Å². The summed E-state index contributed by atoms with van der Waals surface area (Å²) < 4.78 is 4.65. The van der Waals surface area contributed by atoms with Crippen LogP contribution in [0.15, 0.2) is 18.2 Å². The molecule has 4 nitrogen and oxygen atoms in total. The normalized spacial score (nSPS) is 21.3. The monoisotopic (exact) mass is 247 g/mol. The maximum Gasteiger partial charge on any atom is 0.337 e. The average molecular weight is 247 g/mol. The highest BCUT2D eigenvalue weighted by Crippen LogP contribution is 2.38. The van der Waals surface area contributed by atoms with E-state index in [1.165, 1.54) is 7.11 Å². The lowest BCUT2D eigenvalue weighted by Crippen LogP contribution is -2.15. The molecule has 2 atom stereocenters. The molecule has 0 bridgehead atoms. The molecule has 1 fully saturated rings. The van der Waals surface area contributed by atoms with E-state index in [9.17, 15) is 9.59 Å². The van der Waals surface area contributed by atoms with Crippen molar-refractivity contribution in [3.8, 4) is 0 Å². The summed E-state index contributed by atoms with van der Waals surface area (Å²) in [6, 6.07) is 5.12. The molecular weight excluding hydrogens is 230 g/mol. The first-order valence-corrected chi connectivity index (χ1v) is 6.02. The third-order valence-corrected chi connectivity index (χ3v) is 3.35. The molecule has 1 aliphatic rings. The Kier molecular flexibility index (Phi) is 3.36. The number of nitrogens with one attached hydrogen (secondary N) is 1. The van der Waals surface area contributed by atoms with Crippen molar-refractivity contribution in [1.82, 2.24) is 0 Å². The smallest absolute Gasteiger partial charge is 0.337 e. The van der Waals surface area contributed by atoms with Crippen LogP contribution in [0, 0.1) is 18.8 Å². The van der Waals surface area contributed by atoms with Gasteiger partial charge in [0.25, 0.3) is 0 Å². The Morgan fingerprint density at radius 3 is 2.56 bits per heavy atom. The van der Waals surface area contributed by atoms with Crippen molar-refractivity contribution < 1.29 is 14.3 Å². The molecule has 1 N–H and O–H groups in total. The van der Waals surface area contributed by atoms with E-state index in [1.54, 1.807) is 18.2 Å². The number of ether oxygens (including phenoxy) is 1. The van der Waals surface area contributed by atoms with Crippen LogP contribution in [0.3, 0.4) is 0 Å². The zero-order chi connectivity index (χ0) is 13.3. The topological polar surface area (TPSA) is 55.4 Å². The molecule has 1 amide bonds. The molecule has 0 saturated heterocycles. The number of rotatable bonds is 3. The Labute approximate surface area is 106 Å². The zero-order valence-electron chi connectivity index (χ0n) is 10.8. The Balaban J connectivity index is 2.10. The molecule has 0 aromatic heterocycles. The standard InChI is InChI=1S/C14H17NO3/c1-8-7-11(8)13(16)15-12-5-4-10(6-9(12)2)14(17)18-3/h4-6,8,11H,7H2,1-3H3,(H,15,16). The van der Waals surface area contributed by atoms with Crippen LogP contribution in [-0.2, 0) is 9.53 Å². The zero-order valence-corrected chi connectivity index (χ0v) is 10.8. The molecular formula is C14H17NO3. The van der Waals surface area contributed by atoms with Crippen LogP contribution in [0.25, 0.3) is 0 Å². The number of carbonyl (C=O) groups is 2. The number of esters is 1. The lowest BCUT2D eigenvalue weighted by atomic mass is 10.1. The highest BCUT2D eigenvalue weighted by Gasteiger charge is 2.39. The number of methoxy groups -OCH3 is 1. The lowest BCUT2D eigenvalue weighted by molar-refractivity contribution is -0.117. The maximum absolute atomic E-state index is 11.8. The minimum atomic E-state index is -0.369. The molecule has 18 heavy (non-hydrogen) atoms. The summed E-state index contributed by atoms with van der Waals surface area (Å²) in [5.41, 5.74) is 2.11. The van der Waals surface area contributed by atoms with Crippen LogP contribution >= 0.6 is 0 Å². The van der Waals surface area contributed by atoms with E-state index < -0.39 is 0 Å². The second kappa shape index (κ2) is 4.80. The molecule has 96 valence electrons. The summed E-state index contributed by atoms with van der Waals surface area (Å²) in [5.74, 6) is 0.326.